The van der Waals surface area contributed by atoms with Gasteiger partial charge >= 0.3 is 0 Å². The normalized spacial score (nSPS) is 21.8. The van der Waals surface area contributed by atoms with Crippen LogP contribution >= 0.6 is 12.4 Å². The van der Waals surface area contributed by atoms with Crippen LogP contribution in [0.15, 0.2) is 35.3 Å². The molecule has 2 rings (SSSR count). The summed E-state index contributed by atoms with van der Waals surface area (Å²) in [6, 6.07) is 10.6. The summed E-state index contributed by atoms with van der Waals surface area (Å²) in [6.45, 7) is 6.32. The van der Waals surface area contributed by atoms with Gasteiger partial charge in [-0.3, -0.25) is 0 Å². The zero-order valence-electron chi connectivity index (χ0n) is 10.4. The molecule has 0 aromatic heterocycles. The summed E-state index contributed by atoms with van der Waals surface area (Å²) in [4.78, 5) is 4.54. The van der Waals surface area contributed by atoms with Crippen LogP contribution in [-0.4, -0.2) is 17.7 Å². The minimum atomic E-state index is -0.0468. The molecule has 1 aromatic rings. The number of nitrogens with one attached hydrogen (secondary N) is 1. The second-order valence-electron chi connectivity index (χ2n) is 4.85. The van der Waals surface area contributed by atoms with Gasteiger partial charge in [0.25, 0.3) is 6.02 Å². The number of amidine groups is 1. The van der Waals surface area contributed by atoms with E-state index in [1.807, 2.05) is 30.3 Å². The molecule has 1 unspecified atom stereocenters. The van der Waals surface area contributed by atoms with Crippen LogP contribution in [-0.2, 0) is 4.74 Å². The van der Waals surface area contributed by atoms with E-state index in [2.05, 4.69) is 31.1 Å². The van der Waals surface area contributed by atoms with Crippen LogP contribution in [0.5, 0.6) is 0 Å². The number of hydrogen-bond acceptors (Lipinski definition) is 3. The highest BCUT2D eigenvalue weighted by Crippen LogP contribution is 2.24. The van der Waals surface area contributed by atoms with E-state index in [4.69, 9.17) is 4.74 Å². The van der Waals surface area contributed by atoms with Crippen molar-refractivity contribution in [2.75, 3.05) is 5.32 Å². The monoisotopic (exact) mass is 254 g/mol. The summed E-state index contributed by atoms with van der Waals surface area (Å²) in [5.41, 5.74) is 0.959. The summed E-state index contributed by atoms with van der Waals surface area (Å²) in [5.74, 6) is 0. The smallest absolute Gasteiger partial charge is 0.289 e. The number of anilines is 1. The lowest BCUT2D eigenvalue weighted by atomic mass is 9.97. The predicted molar refractivity (Wildman–Crippen MR) is 74.0 cm³/mol. The van der Waals surface area contributed by atoms with Gasteiger partial charge in [0.1, 0.15) is 6.10 Å². The number of ether oxygens (including phenoxy) is 1. The van der Waals surface area contributed by atoms with Gasteiger partial charge < -0.3 is 10.1 Å². The quantitative estimate of drug-likeness (QED) is 0.833. The molecular weight excluding hydrogens is 236 g/mol. The summed E-state index contributed by atoms with van der Waals surface area (Å²) < 4.78 is 5.66. The van der Waals surface area contributed by atoms with Gasteiger partial charge in [-0.2, -0.15) is 0 Å². The number of nitrogens with zero attached hydrogens (tertiary/aromatic N) is 1. The zero-order valence-corrected chi connectivity index (χ0v) is 11.3. The average molecular weight is 255 g/mol. The van der Waals surface area contributed by atoms with E-state index in [1.165, 1.54) is 0 Å². The molecule has 0 amide bonds. The Balaban J connectivity index is 0.00000144. The lowest BCUT2D eigenvalue weighted by Gasteiger charge is -2.31. The fourth-order valence-corrected chi connectivity index (χ4v) is 1.98. The Morgan fingerprint density at radius 1 is 1.29 bits per heavy atom. The number of benzene rings is 1. The van der Waals surface area contributed by atoms with E-state index in [9.17, 15) is 0 Å². The maximum atomic E-state index is 5.66. The minimum Gasteiger partial charge on any atom is -0.462 e. The van der Waals surface area contributed by atoms with E-state index in [0.717, 1.165) is 12.1 Å². The molecule has 17 heavy (non-hydrogen) atoms. The molecule has 0 fully saturated rings. The van der Waals surface area contributed by atoms with Crippen LogP contribution < -0.4 is 5.32 Å². The summed E-state index contributed by atoms with van der Waals surface area (Å²) >= 11 is 0. The molecule has 1 aliphatic heterocycles. The van der Waals surface area contributed by atoms with Crippen molar-refractivity contribution in [3.63, 3.8) is 0 Å². The van der Waals surface area contributed by atoms with Crippen molar-refractivity contribution in [1.82, 2.24) is 0 Å². The highest BCUT2D eigenvalue weighted by molar-refractivity contribution is 5.89. The molecule has 3 nitrogen and oxygen atoms in total. The summed E-state index contributed by atoms with van der Waals surface area (Å²) in [7, 11) is 0. The van der Waals surface area contributed by atoms with E-state index in [1.54, 1.807) is 0 Å². The fourth-order valence-electron chi connectivity index (χ4n) is 1.98. The van der Waals surface area contributed by atoms with Crippen LogP contribution in [0.3, 0.4) is 0 Å². The van der Waals surface area contributed by atoms with Gasteiger partial charge in [0.15, 0.2) is 0 Å². The molecule has 0 spiro atoms. The Kier molecular flexibility index (Phi) is 4.40. The Labute approximate surface area is 109 Å². The molecule has 1 N–H and O–H groups in total. The van der Waals surface area contributed by atoms with Crippen LogP contribution in [0.1, 0.15) is 27.2 Å². The molecule has 0 saturated heterocycles. The first kappa shape index (κ1) is 13.8. The van der Waals surface area contributed by atoms with E-state index in [-0.39, 0.29) is 24.0 Å². The molecule has 1 aromatic carbocycles. The van der Waals surface area contributed by atoms with Crippen LogP contribution in [0.2, 0.25) is 0 Å². The van der Waals surface area contributed by atoms with Gasteiger partial charge in [-0.05, 0) is 32.9 Å². The SMILES string of the molecule is CC1CC(C)(C)N=C(Nc2ccccc2)O1.Cl. The molecule has 1 heterocycles. The maximum Gasteiger partial charge on any atom is 0.289 e. The van der Waals surface area contributed by atoms with Crippen molar-refractivity contribution < 1.29 is 4.74 Å². The largest absolute Gasteiger partial charge is 0.462 e. The van der Waals surface area contributed by atoms with Gasteiger partial charge in [0.05, 0.1) is 5.54 Å². The average Bonchev–Trinajstić information content (AvgIpc) is 2.15. The maximum absolute atomic E-state index is 5.66. The molecular formula is C13H19ClN2O. The van der Waals surface area contributed by atoms with Crippen LogP contribution in [0, 0.1) is 0 Å². The Morgan fingerprint density at radius 3 is 2.53 bits per heavy atom. The number of hydrogen-bond donors (Lipinski definition) is 1. The molecule has 94 valence electrons. The second-order valence-corrected chi connectivity index (χ2v) is 4.85. The fraction of sp³-hybridized carbons (Fsp3) is 0.462. The van der Waals surface area contributed by atoms with Crippen molar-refractivity contribution in [3.05, 3.63) is 30.3 Å². The van der Waals surface area contributed by atoms with Crippen molar-refractivity contribution in [1.29, 1.82) is 0 Å². The van der Waals surface area contributed by atoms with Crippen molar-refractivity contribution in [3.8, 4) is 0 Å². The van der Waals surface area contributed by atoms with E-state index < -0.39 is 0 Å². The Hall–Kier alpha value is -1.22. The number of aliphatic imine (C=N–C) groups is 1. The van der Waals surface area contributed by atoms with Gasteiger partial charge in [-0.1, -0.05) is 18.2 Å². The zero-order chi connectivity index (χ0) is 11.6. The number of para-hydroxylation sites is 1. The van der Waals surface area contributed by atoms with E-state index >= 15 is 0 Å². The third kappa shape index (κ3) is 3.93. The van der Waals surface area contributed by atoms with Gasteiger partial charge in [-0.15, -0.1) is 12.4 Å². The highest BCUT2D eigenvalue weighted by atomic mass is 35.5. The standard InChI is InChI=1S/C13H18N2O.ClH/c1-10-9-13(2,3)15-12(16-10)14-11-7-5-4-6-8-11;/h4-8,10H,9H2,1-3H3,(H,14,15);1H. The molecule has 0 aliphatic carbocycles. The van der Waals surface area contributed by atoms with Gasteiger partial charge in [0.2, 0.25) is 0 Å². The molecule has 0 bridgehead atoms. The number of rotatable bonds is 1. The first-order chi connectivity index (χ1) is 7.55. The second kappa shape index (κ2) is 5.41. The third-order valence-corrected chi connectivity index (χ3v) is 2.53. The van der Waals surface area contributed by atoms with Crippen molar-refractivity contribution in [2.24, 2.45) is 4.99 Å². The third-order valence-electron chi connectivity index (χ3n) is 2.53. The summed E-state index contributed by atoms with van der Waals surface area (Å²) in [5, 5.41) is 3.19. The van der Waals surface area contributed by atoms with Crippen LogP contribution in [0.25, 0.3) is 0 Å². The molecule has 1 atom stereocenters. The van der Waals surface area contributed by atoms with Gasteiger partial charge in [-0.25, -0.2) is 4.99 Å². The highest BCUT2D eigenvalue weighted by Gasteiger charge is 2.28. The topological polar surface area (TPSA) is 33.6 Å². The number of halogens is 1. The van der Waals surface area contributed by atoms with Crippen molar-refractivity contribution in [2.45, 2.75) is 38.8 Å². The molecule has 0 saturated carbocycles. The summed E-state index contributed by atoms with van der Waals surface area (Å²) in [6.07, 6.45) is 1.16. The molecule has 4 heteroatoms. The molecule has 0 radical (unpaired) electrons. The van der Waals surface area contributed by atoms with E-state index in [0.29, 0.717) is 6.02 Å². The Bertz CT molecular complexity index is 390. The predicted octanol–water partition coefficient (Wildman–Crippen LogP) is 3.46. The Morgan fingerprint density at radius 2 is 1.94 bits per heavy atom. The minimum absolute atomic E-state index is 0. The van der Waals surface area contributed by atoms with Crippen LogP contribution in [0.4, 0.5) is 5.69 Å². The first-order valence-corrected chi connectivity index (χ1v) is 5.64. The lowest BCUT2D eigenvalue weighted by Crippen LogP contribution is -2.36. The first-order valence-electron chi connectivity index (χ1n) is 5.64. The van der Waals surface area contributed by atoms with Gasteiger partial charge in [0, 0.05) is 12.1 Å². The van der Waals surface area contributed by atoms with Crippen molar-refractivity contribution >= 4 is 24.1 Å². The lowest BCUT2D eigenvalue weighted by molar-refractivity contribution is 0.144. The molecule has 1 aliphatic rings.